The summed E-state index contributed by atoms with van der Waals surface area (Å²) >= 11 is 0.882. The Morgan fingerprint density at radius 1 is 1.30 bits per heavy atom. The minimum atomic E-state index is -3.65. The van der Waals surface area contributed by atoms with Crippen LogP contribution in [0.25, 0.3) is 0 Å². The fraction of sp³-hybridized carbons (Fsp3) is 0.727. The number of carbonyl (C=O) groups excluding carboxylic acids is 1. The van der Waals surface area contributed by atoms with E-state index in [0.717, 1.165) is 30.6 Å². The zero-order chi connectivity index (χ0) is 14.9. The van der Waals surface area contributed by atoms with E-state index in [4.69, 9.17) is 0 Å². The molecule has 2 atom stereocenters. The van der Waals surface area contributed by atoms with Gasteiger partial charge in [0.15, 0.2) is 0 Å². The normalized spacial score (nSPS) is 24.6. The number of hydrogen-bond donors (Lipinski definition) is 1. The summed E-state index contributed by atoms with van der Waals surface area (Å²) in [6.45, 7) is 5.15. The molecule has 1 aliphatic rings. The Balaban J connectivity index is 2.29. The SMILES string of the molecule is CC(=O)Nc1nnc(S(=O)(=O)N2C(C)CCCC2C)s1. The highest BCUT2D eigenvalue weighted by molar-refractivity contribution is 7.91. The Kier molecular flexibility index (Phi) is 4.40. The van der Waals surface area contributed by atoms with Gasteiger partial charge >= 0.3 is 0 Å². The van der Waals surface area contributed by atoms with E-state index < -0.39 is 10.0 Å². The van der Waals surface area contributed by atoms with Crippen LogP contribution in [0.3, 0.4) is 0 Å². The van der Waals surface area contributed by atoms with Gasteiger partial charge in [-0.2, -0.15) is 4.31 Å². The molecule has 7 nitrogen and oxygen atoms in total. The molecule has 9 heteroatoms. The lowest BCUT2D eigenvalue weighted by Gasteiger charge is -2.36. The van der Waals surface area contributed by atoms with E-state index in [1.165, 1.54) is 11.2 Å². The van der Waals surface area contributed by atoms with Gasteiger partial charge in [-0.05, 0) is 26.7 Å². The molecule has 2 rings (SSSR count). The van der Waals surface area contributed by atoms with Crippen molar-refractivity contribution in [3.63, 3.8) is 0 Å². The first-order valence-corrected chi connectivity index (χ1v) is 8.72. The number of carbonyl (C=O) groups is 1. The fourth-order valence-electron chi connectivity index (χ4n) is 2.48. The standard InChI is InChI=1S/C11H18N4O3S2/c1-7-5-4-6-8(2)15(7)20(17,18)11-14-13-10(19-11)12-9(3)16/h7-8H,4-6H2,1-3H3,(H,12,13,16). The van der Waals surface area contributed by atoms with E-state index in [2.05, 4.69) is 15.5 Å². The van der Waals surface area contributed by atoms with Gasteiger partial charge in [0.05, 0.1) is 0 Å². The smallest absolute Gasteiger partial charge is 0.272 e. The maximum absolute atomic E-state index is 12.6. The van der Waals surface area contributed by atoms with Crippen molar-refractivity contribution >= 4 is 32.4 Å². The van der Waals surface area contributed by atoms with Crippen LogP contribution in [0.1, 0.15) is 40.0 Å². The fourth-order valence-corrected chi connectivity index (χ4v) is 5.40. The molecule has 2 heterocycles. The van der Waals surface area contributed by atoms with Crippen molar-refractivity contribution in [3.05, 3.63) is 0 Å². The van der Waals surface area contributed by atoms with E-state index >= 15 is 0 Å². The van der Waals surface area contributed by atoms with Gasteiger partial charge in [0, 0.05) is 19.0 Å². The van der Waals surface area contributed by atoms with E-state index in [9.17, 15) is 13.2 Å². The number of sulfonamides is 1. The van der Waals surface area contributed by atoms with Crippen LogP contribution in [-0.4, -0.2) is 40.9 Å². The van der Waals surface area contributed by atoms with Crippen molar-refractivity contribution in [1.82, 2.24) is 14.5 Å². The number of nitrogens with one attached hydrogen (secondary N) is 1. The van der Waals surface area contributed by atoms with Crippen LogP contribution in [0.5, 0.6) is 0 Å². The summed E-state index contributed by atoms with van der Waals surface area (Å²) in [6.07, 6.45) is 2.73. The lowest BCUT2D eigenvalue weighted by molar-refractivity contribution is -0.114. The molecular formula is C11H18N4O3S2. The summed E-state index contributed by atoms with van der Waals surface area (Å²) in [4.78, 5) is 10.9. The van der Waals surface area contributed by atoms with Crippen molar-refractivity contribution in [2.24, 2.45) is 0 Å². The third-order valence-corrected chi connectivity index (χ3v) is 6.61. The third kappa shape index (κ3) is 2.99. The van der Waals surface area contributed by atoms with Crippen LogP contribution in [0.15, 0.2) is 4.34 Å². The number of nitrogens with zero attached hydrogens (tertiary/aromatic N) is 3. The molecule has 0 bridgehead atoms. The Morgan fingerprint density at radius 3 is 2.45 bits per heavy atom. The molecule has 2 unspecified atom stereocenters. The molecule has 1 N–H and O–H groups in total. The summed E-state index contributed by atoms with van der Waals surface area (Å²) < 4.78 is 26.7. The topological polar surface area (TPSA) is 92.3 Å². The van der Waals surface area contributed by atoms with Gasteiger partial charge in [-0.15, -0.1) is 10.2 Å². The summed E-state index contributed by atoms with van der Waals surface area (Å²) in [6, 6.07) is -0.0891. The molecule has 1 aromatic heterocycles. The molecule has 1 amide bonds. The minimum Gasteiger partial charge on any atom is -0.301 e. The molecule has 0 radical (unpaired) electrons. The summed E-state index contributed by atoms with van der Waals surface area (Å²) in [5.74, 6) is -0.301. The van der Waals surface area contributed by atoms with Gasteiger partial charge in [0.1, 0.15) is 0 Å². The van der Waals surface area contributed by atoms with Gasteiger partial charge in [-0.25, -0.2) is 8.42 Å². The molecule has 1 fully saturated rings. The molecule has 0 saturated carbocycles. The van der Waals surface area contributed by atoms with E-state index in [1.807, 2.05) is 13.8 Å². The highest BCUT2D eigenvalue weighted by Gasteiger charge is 2.37. The first kappa shape index (κ1) is 15.3. The van der Waals surface area contributed by atoms with Crippen molar-refractivity contribution < 1.29 is 13.2 Å². The first-order chi connectivity index (χ1) is 9.32. The van der Waals surface area contributed by atoms with Crippen LogP contribution in [0.4, 0.5) is 5.13 Å². The van der Waals surface area contributed by atoms with E-state index in [1.54, 1.807) is 0 Å². The van der Waals surface area contributed by atoms with Crippen LogP contribution >= 0.6 is 11.3 Å². The Bertz CT molecular complexity index is 589. The Hall–Kier alpha value is -1.06. The quantitative estimate of drug-likeness (QED) is 0.852. The van der Waals surface area contributed by atoms with Gasteiger partial charge in [0.25, 0.3) is 10.0 Å². The monoisotopic (exact) mass is 318 g/mol. The zero-order valence-electron chi connectivity index (χ0n) is 11.7. The molecule has 1 aliphatic heterocycles. The molecule has 112 valence electrons. The molecule has 0 aliphatic carbocycles. The number of rotatable bonds is 3. The summed E-state index contributed by atoms with van der Waals surface area (Å²) in [5.41, 5.74) is 0. The molecule has 1 aromatic rings. The predicted molar refractivity (Wildman–Crippen MR) is 76.0 cm³/mol. The lowest BCUT2D eigenvalue weighted by Crippen LogP contribution is -2.47. The van der Waals surface area contributed by atoms with Gasteiger partial charge in [-0.1, -0.05) is 17.8 Å². The van der Waals surface area contributed by atoms with Crippen molar-refractivity contribution in [2.45, 2.75) is 56.5 Å². The second-order valence-corrected chi connectivity index (χ2v) is 8.01. The van der Waals surface area contributed by atoms with Crippen LogP contribution in [0, 0.1) is 0 Å². The molecule has 0 spiro atoms. The van der Waals surface area contributed by atoms with Crippen LogP contribution in [-0.2, 0) is 14.8 Å². The van der Waals surface area contributed by atoms with Crippen LogP contribution in [0.2, 0.25) is 0 Å². The number of amides is 1. The second-order valence-electron chi connectivity index (χ2n) is 5.02. The lowest BCUT2D eigenvalue weighted by atomic mass is 10.0. The van der Waals surface area contributed by atoms with E-state index in [-0.39, 0.29) is 27.5 Å². The molecule has 1 saturated heterocycles. The van der Waals surface area contributed by atoms with Gasteiger partial charge in [0.2, 0.25) is 15.4 Å². The van der Waals surface area contributed by atoms with Crippen molar-refractivity contribution in [3.8, 4) is 0 Å². The van der Waals surface area contributed by atoms with Crippen molar-refractivity contribution in [2.75, 3.05) is 5.32 Å². The van der Waals surface area contributed by atoms with Gasteiger partial charge < -0.3 is 5.32 Å². The van der Waals surface area contributed by atoms with Crippen molar-refractivity contribution in [1.29, 1.82) is 0 Å². The zero-order valence-corrected chi connectivity index (χ0v) is 13.3. The first-order valence-electron chi connectivity index (χ1n) is 6.47. The maximum Gasteiger partial charge on any atom is 0.272 e. The van der Waals surface area contributed by atoms with Gasteiger partial charge in [-0.3, -0.25) is 4.79 Å². The maximum atomic E-state index is 12.6. The molecular weight excluding hydrogens is 300 g/mol. The van der Waals surface area contributed by atoms with Crippen LogP contribution < -0.4 is 5.32 Å². The largest absolute Gasteiger partial charge is 0.301 e. The number of hydrogen-bond acceptors (Lipinski definition) is 6. The number of aromatic nitrogens is 2. The summed E-state index contributed by atoms with van der Waals surface area (Å²) in [7, 11) is -3.65. The molecule has 0 aromatic carbocycles. The number of piperidine rings is 1. The highest BCUT2D eigenvalue weighted by Crippen LogP contribution is 2.31. The Morgan fingerprint density at radius 2 is 1.90 bits per heavy atom. The average molecular weight is 318 g/mol. The third-order valence-electron chi connectivity index (χ3n) is 3.30. The average Bonchev–Trinajstić information content (AvgIpc) is 2.76. The molecule has 20 heavy (non-hydrogen) atoms. The minimum absolute atomic E-state index is 0.0446. The van der Waals surface area contributed by atoms with E-state index in [0.29, 0.717) is 0 Å². The second kappa shape index (κ2) is 5.74. The predicted octanol–water partition coefficient (Wildman–Crippen LogP) is 1.45. The number of anilines is 1. The highest BCUT2D eigenvalue weighted by atomic mass is 32.2. The Labute approximate surface area is 122 Å². The summed E-state index contributed by atoms with van der Waals surface area (Å²) in [5, 5.41) is 10.1.